The maximum Gasteiger partial charge on any atom is 0.499 e. The summed E-state index contributed by atoms with van der Waals surface area (Å²) in [4.78, 5) is 0. The van der Waals surface area contributed by atoms with Crippen LogP contribution in [-0.2, 0) is 5.11 Å². The third-order valence-corrected chi connectivity index (χ3v) is 3.67. The maximum atomic E-state index is 13.2. The molecule has 0 saturated heterocycles. The SMILES string of the molecule is [O]c1cccc(-c2ccc(Oc3ccccc3OC(F)(F)C(F)(F)F)cc2)c1. The number of rotatable bonds is 5. The van der Waals surface area contributed by atoms with Gasteiger partial charge in [-0.1, -0.05) is 36.4 Å². The Bertz CT molecular complexity index is 953. The van der Waals surface area contributed by atoms with Gasteiger partial charge in [-0.05, 0) is 47.5 Å². The Kier molecular flexibility index (Phi) is 5.13. The first kappa shape index (κ1) is 19.5. The fourth-order valence-electron chi connectivity index (χ4n) is 2.33. The normalized spacial score (nSPS) is 11.9. The van der Waals surface area contributed by atoms with E-state index in [2.05, 4.69) is 4.74 Å². The molecule has 0 heterocycles. The van der Waals surface area contributed by atoms with Crippen LogP contribution in [0.4, 0.5) is 22.0 Å². The Morgan fingerprint density at radius 2 is 1.32 bits per heavy atom. The van der Waals surface area contributed by atoms with Crippen LogP contribution in [0.15, 0.2) is 72.8 Å². The number of para-hydroxylation sites is 2. The lowest BCUT2D eigenvalue weighted by atomic mass is 10.1. The van der Waals surface area contributed by atoms with Gasteiger partial charge in [-0.25, -0.2) is 0 Å². The fourth-order valence-corrected chi connectivity index (χ4v) is 2.33. The van der Waals surface area contributed by atoms with Crippen molar-refractivity contribution in [2.75, 3.05) is 0 Å². The molecule has 3 nitrogen and oxygen atoms in total. The number of halogens is 5. The second-order valence-electron chi connectivity index (χ2n) is 5.72. The molecule has 0 saturated carbocycles. The largest absolute Gasteiger partial charge is 0.499 e. The van der Waals surface area contributed by atoms with Gasteiger partial charge in [0.2, 0.25) is 0 Å². The topological polar surface area (TPSA) is 38.4 Å². The summed E-state index contributed by atoms with van der Waals surface area (Å²) in [6, 6.07) is 17.2. The molecule has 0 aliphatic carbocycles. The molecule has 145 valence electrons. The van der Waals surface area contributed by atoms with Gasteiger partial charge >= 0.3 is 12.3 Å². The second kappa shape index (κ2) is 7.38. The van der Waals surface area contributed by atoms with Crippen LogP contribution in [0.2, 0.25) is 0 Å². The average molecular weight is 395 g/mol. The molecule has 0 aliphatic rings. The summed E-state index contributed by atoms with van der Waals surface area (Å²) < 4.78 is 72.7. The highest BCUT2D eigenvalue weighted by molar-refractivity contribution is 5.65. The third kappa shape index (κ3) is 4.33. The van der Waals surface area contributed by atoms with E-state index in [0.29, 0.717) is 11.1 Å². The summed E-state index contributed by atoms with van der Waals surface area (Å²) in [5, 5.41) is 11.4. The lowest BCUT2D eigenvalue weighted by molar-refractivity contribution is -0.360. The van der Waals surface area contributed by atoms with E-state index >= 15 is 0 Å². The molecular formula is C20H12F5O3. The average Bonchev–Trinajstić information content (AvgIpc) is 2.63. The van der Waals surface area contributed by atoms with Crippen LogP contribution in [-0.4, -0.2) is 12.3 Å². The minimum absolute atomic E-state index is 0.158. The number of alkyl halides is 5. The maximum absolute atomic E-state index is 13.2. The summed E-state index contributed by atoms with van der Waals surface area (Å²) in [7, 11) is 0. The molecule has 0 N–H and O–H groups in total. The van der Waals surface area contributed by atoms with E-state index in [4.69, 9.17) is 4.74 Å². The van der Waals surface area contributed by atoms with Gasteiger partial charge in [0, 0.05) is 0 Å². The smallest absolute Gasteiger partial charge is 0.453 e. The number of benzene rings is 3. The monoisotopic (exact) mass is 395 g/mol. The quantitative estimate of drug-likeness (QED) is 0.445. The van der Waals surface area contributed by atoms with E-state index in [1.165, 1.54) is 42.5 Å². The van der Waals surface area contributed by atoms with E-state index in [9.17, 15) is 27.1 Å². The molecule has 0 aliphatic heterocycles. The summed E-state index contributed by atoms with van der Waals surface area (Å²) in [5.74, 6) is -1.03. The molecule has 0 atom stereocenters. The van der Waals surface area contributed by atoms with Gasteiger partial charge in [-0.15, -0.1) is 0 Å². The molecule has 0 amide bonds. The van der Waals surface area contributed by atoms with Crippen molar-refractivity contribution in [2.45, 2.75) is 12.3 Å². The van der Waals surface area contributed by atoms with Crippen LogP contribution < -0.4 is 9.47 Å². The van der Waals surface area contributed by atoms with E-state index in [-0.39, 0.29) is 17.2 Å². The Morgan fingerprint density at radius 3 is 1.93 bits per heavy atom. The van der Waals surface area contributed by atoms with Gasteiger partial charge in [0.05, 0.1) is 0 Å². The number of hydrogen-bond acceptors (Lipinski definition) is 2. The van der Waals surface area contributed by atoms with Crippen molar-refractivity contribution in [3.63, 3.8) is 0 Å². The van der Waals surface area contributed by atoms with Gasteiger partial charge in [0.15, 0.2) is 17.2 Å². The van der Waals surface area contributed by atoms with Crippen molar-refractivity contribution in [1.29, 1.82) is 0 Å². The Labute approximate surface area is 156 Å². The summed E-state index contributed by atoms with van der Waals surface area (Å²) in [6.45, 7) is 0. The van der Waals surface area contributed by atoms with Crippen molar-refractivity contribution in [1.82, 2.24) is 0 Å². The summed E-state index contributed by atoms with van der Waals surface area (Å²) in [6.07, 6.45) is -11.2. The molecule has 3 aromatic rings. The summed E-state index contributed by atoms with van der Waals surface area (Å²) in [5.41, 5.74) is 1.38. The lowest BCUT2D eigenvalue weighted by Crippen LogP contribution is -2.41. The predicted octanol–water partition coefficient (Wildman–Crippen LogP) is 6.82. The number of ether oxygens (including phenoxy) is 2. The molecule has 3 aromatic carbocycles. The molecule has 0 fully saturated rings. The van der Waals surface area contributed by atoms with E-state index in [0.717, 1.165) is 6.07 Å². The van der Waals surface area contributed by atoms with Crippen molar-refractivity contribution in [2.24, 2.45) is 0 Å². The Hall–Kier alpha value is -3.29. The molecule has 0 aromatic heterocycles. The first-order chi connectivity index (χ1) is 13.2. The predicted molar refractivity (Wildman–Crippen MR) is 90.2 cm³/mol. The molecule has 0 spiro atoms. The molecule has 28 heavy (non-hydrogen) atoms. The first-order valence-electron chi connectivity index (χ1n) is 7.94. The molecule has 0 bridgehead atoms. The van der Waals surface area contributed by atoms with Crippen LogP contribution in [0.5, 0.6) is 23.0 Å². The summed E-state index contributed by atoms with van der Waals surface area (Å²) >= 11 is 0. The van der Waals surface area contributed by atoms with Gasteiger partial charge in [0.1, 0.15) is 5.75 Å². The standard InChI is InChI=1S/C20H12F5O3/c21-19(22,23)20(24,25)28-18-7-2-1-6-17(18)27-16-10-8-13(9-11-16)14-4-3-5-15(26)12-14/h1-12H. The van der Waals surface area contributed by atoms with Crippen LogP contribution in [0.1, 0.15) is 0 Å². The Morgan fingerprint density at radius 1 is 0.679 bits per heavy atom. The van der Waals surface area contributed by atoms with Crippen molar-refractivity contribution < 1.29 is 36.5 Å². The van der Waals surface area contributed by atoms with Crippen LogP contribution >= 0.6 is 0 Å². The molecule has 0 unspecified atom stereocenters. The van der Waals surface area contributed by atoms with Crippen molar-refractivity contribution >= 4 is 0 Å². The zero-order valence-electron chi connectivity index (χ0n) is 14.0. The van der Waals surface area contributed by atoms with Gasteiger partial charge < -0.3 is 9.47 Å². The van der Waals surface area contributed by atoms with E-state index < -0.39 is 18.0 Å². The highest BCUT2D eigenvalue weighted by Crippen LogP contribution is 2.41. The molecule has 1 radical (unpaired) electrons. The fraction of sp³-hybridized carbons (Fsp3) is 0.100. The van der Waals surface area contributed by atoms with Gasteiger partial charge in [0.25, 0.3) is 0 Å². The van der Waals surface area contributed by atoms with E-state index in [1.54, 1.807) is 24.3 Å². The Balaban J connectivity index is 1.81. The van der Waals surface area contributed by atoms with E-state index in [1.807, 2.05) is 0 Å². The van der Waals surface area contributed by atoms with Gasteiger partial charge in [-0.2, -0.15) is 22.0 Å². The zero-order chi connectivity index (χ0) is 20.4. The molecule has 3 rings (SSSR count). The first-order valence-corrected chi connectivity index (χ1v) is 7.94. The molecular weight excluding hydrogens is 383 g/mol. The van der Waals surface area contributed by atoms with Crippen LogP contribution in [0.25, 0.3) is 11.1 Å². The van der Waals surface area contributed by atoms with Crippen molar-refractivity contribution in [3.8, 4) is 34.1 Å². The van der Waals surface area contributed by atoms with Crippen LogP contribution in [0, 0.1) is 0 Å². The van der Waals surface area contributed by atoms with Crippen molar-refractivity contribution in [3.05, 3.63) is 72.8 Å². The highest BCUT2D eigenvalue weighted by atomic mass is 19.4. The van der Waals surface area contributed by atoms with Crippen LogP contribution in [0.3, 0.4) is 0 Å². The number of hydrogen-bond donors (Lipinski definition) is 0. The minimum Gasteiger partial charge on any atom is -0.453 e. The lowest BCUT2D eigenvalue weighted by Gasteiger charge is -2.21. The molecule has 8 heteroatoms. The second-order valence-corrected chi connectivity index (χ2v) is 5.72. The third-order valence-electron chi connectivity index (χ3n) is 3.67. The zero-order valence-corrected chi connectivity index (χ0v) is 14.0. The highest BCUT2D eigenvalue weighted by Gasteiger charge is 2.61. The minimum atomic E-state index is -5.86. The van der Waals surface area contributed by atoms with Gasteiger partial charge in [-0.3, -0.25) is 5.11 Å².